The third-order valence-electron chi connectivity index (χ3n) is 5.47. The van der Waals surface area contributed by atoms with E-state index >= 15 is 0 Å². The molecular formula is C17H30N4O2. The van der Waals surface area contributed by atoms with E-state index in [0.717, 1.165) is 38.7 Å². The van der Waals surface area contributed by atoms with Gasteiger partial charge in [0.15, 0.2) is 5.96 Å². The predicted molar refractivity (Wildman–Crippen MR) is 90.4 cm³/mol. The van der Waals surface area contributed by atoms with Crippen LogP contribution in [-0.4, -0.2) is 74.7 Å². The first-order valence-corrected chi connectivity index (χ1v) is 8.92. The van der Waals surface area contributed by atoms with E-state index in [4.69, 9.17) is 4.74 Å². The number of rotatable bonds is 3. The van der Waals surface area contributed by atoms with E-state index in [9.17, 15) is 4.79 Å². The molecule has 23 heavy (non-hydrogen) atoms. The molecule has 1 N–H and O–H groups in total. The summed E-state index contributed by atoms with van der Waals surface area (Å²) in [6.45, 7) is 3.99. The molecular weight excluding hydrogens is 292 g/mol. The number of ether oxygens (including phenoxy) is 1. The Kier molecular flexibility index (Phi) is 5.09. The summed E-state index contributed by atoms with van der Waals surface area (Å²) in [6, 6.07) is 0.514. The standard InChI is InChI=1S/C17H30N4O2/c1-20(2)15(22)11-18-16(19-14-5-3-4-6-14)21-9-7-17(12-21)8-10-23-13-17/h14H,3-13H2,1-2H3,(H,18,19). The molecule has 1 amide bonds. The van der Waals surface area contributed by atoms with Crippen LogP contribution in [0, 0.1) is 5.41 Å². The van der Waals surface area contributed by atoms with Crippen molar-refractivity contribution in [3.63, 3.8) is 0 Å². The van der Waals surface area contributed by atoms with Crippen molar-refractivity contribution in [3.05, 3.63) is 0 Å². The number of carbonyl (C=O) groups is 1. The van der Waals surface area contributed by atoms with E-state index in [1.165, 1.54) is 32.1 Å². The third-order valence-corrected chi connectivity index (χ3v) is 5.47. The van der Waals surface area contributed by atoms with Gasteiger partial charge < -0.3 is 19.9 Å². The van der Waals surface area contributed by atoms with Crippen LogP contribution in [0.2, 0.25) is 0 Å². The quantitative estimate of drug-likeness (QED) is 0.624. The molecule has 2 heterocycles. The first kappa shape index (κ1) is 16.6. The fourth-order valence-electron chi connectivity index (χ4n) is 3.86. The van der Waals surface area contributed by atoms with Gasteiger partial charge in [-0.25, -0.2) is 4.99 Å². The van der Waals surface area contributed by atoms with Crippen molar-refractivity contribution in [3.8, 4) is 0 Å². The van der Waals surface area contributed by atoms with Crippen molar-refractivity contribution in [2.45, 2.75) is 44.6 Å². The lowest BCUT2D eigenvalue weighted by atomic mass is 9.87. The highest BCUT2D eigenvalue weighted by atomic mass is 16.5. The third kappa shape index (κ3) is 3.97. The highest BCUT2D eigenvalue weighted by Crippen LogP contribution is 2.38. The molecule has 3 fully saturated rings. The van der Waals surface area contributed by atoms with Gasteiger partial charge in [0, 0.05) is 45.2 Å². The minimum atomic E-state index is 0.0498. The molecule has 0 aromatic carbocycles. The maximum absolute atomic E-state index is 11.9. The minimum Gasteiger partial charge on any atom is -0.381 e. The zero-order valence-corrected chi connectivity index (χ0v) is 14.5. The van der Waals surface area contributed by atoms with Crippen LogP contribution in [-0.2, 0) is 9.53 Å². The number of likely N-dealkylation sites (tertiary alicyclic amines) is 1. The number of guanidine groups is 1. The number of nitrogens with one attached hydrogen (secondary N) is 1. The molecule has 6 nitrogen and oxygen atoms in total. The molecule has 3 aliphatic rings. The summed E-state index contributed by atoms with van der Waals surface area (Å²) >= 11 is 0. The maximum atomic E-state index is 11.9. The van der Waals surface area contributed by atoms with E-state index in [0.29, 0.717) is 11.5 Å². The second-order valence-corrected chi connectivity index (χ2v) is 7.53. The average Bonchev–Trinajstić information content (AvgIpc) is 3.27. The molecule has 3 rings (SSSR count). The van der Waals surface area contributed by atoms with Crippen molar-refractivity contribution >= 4 is 11.9 Å². The maximum Gasteiger partial charge on any atom is 0.243 e. The lowest BCUT2D eigenvalue weighted by Crippen LogP contribution is -2.45. The van der Waals surface area contributed by atoms with Crippen LogP contribution >= 0.6 is 0 Å². The Balaban J connectivity index is 1.66. The Morgan fingerprint density at radius 3 is 2.78 bits per heavy atom. The van der Waals surface area contributed by atoms with Gasteiger partial charge in [-0.1, -0.05) is 12.8 Å². The van der Waals surface area contributed by atoms with Crippen molar-refractivity contribution < 1.29 is 9.53 Å². The van der Waals surface area contributed by atoms with Crippen LogP contribution in [0.5, 0.6) is 0 Å². The fraction of sp³-hybridized carbons (Fsp3) is 0.882. The molecule has 1 saturated carbocycles. The summed E-state index contributed by atoms with van der Waals surface area (Å²) < 4.78 is 5.63. The second-order valence-electron chi connectivity index (χ2n) is 7.53. The monoisotopic (exact) mass is 322 g/mol. The van der Waals surface area contributed by atoms with Gasteiger partial charge in [0.1, 0.15) is 6.54 Å². The van der Waals surface area contributed by atoms with Gasteiger partial charge in [0.05, 0.1) is 6.61 Å². The summed E-state index contributed by atoms with van der Waals surface area (Å²) in [5.41, 5.74) is 0.309. The number of carbonyl (C=O) groups excluding carboxylic acids is 1. The van der Waals surface area contributed by atoms with Crippen molar-refractivity contribution in [2.24, 2.45) is 10.4 Å². The van der Waals surface area contributed by atoms with Gasteiger partial charge in [-0.3, -0.25) is 4.79 Å². The van der Waals surface area contributed by atoms with Gasteiger partial charge in [-0.15, -0.1) is 0 Å². The number of hydrogen-bond acceptors (Lipinski definition) is 3. The Hall–Kier alpha value is -1.30. The van der Waals surface area contributed by atoms with E-state index in [1.807, 2.05) is 0 Å². The fourth-order valence-corrected chi connectivity index (χ4v) is 3.86. The van der Waals surface area contributed by atoms with E-state index in [2.05, 4.69) is 15.2 Å². The zero-order valence-electron chi connectivity index (χ0n) is 14.5. The average molecular weight is 322 g/mol. The molecule has 1 aliphatic carbocycles. The number of hydrogen-bond donors (Lipinski definition) is 1. The smallest absolute Gasteiger partial charge is 0.243 e. The van der Waals surface area contributed by atoms with Crippen molar-refractivity contribution in [2.75, 3.05) is 46.9 Å². The van der Waals surface area contributed by atoms with Crippen LogP contribution in [0.25, 0.3) is 0 Å². The summed E-state index contributed by atoms with van der Waals surface area (Å²) in [5, 5.41) is 3.62. The van der Waals surface area contributed by atoms with Gasteiger partial charge in [0.25, 0.3) is 0 Å². The topological polar surface area (TPSA) is 57.2 Å². The van der Waals surface area contributed by atoms with Gasteiger partial charge >= 0.3 is 0 Å². The molecule has 0 aromatic heterocycles. The summed E-state index contributed by atoms with van der Waals surface area (Å²) in [5.74, 6) is 0.977. The van der Waals surface area contributed by atoms with Crippen LogP contribution in [0.15, 0.2) is 4.99 Å². The Morgan fingerprint density at radius 2 is 2.13 bits per heavy atom. The van der Waals surface area contributed by atoms with Crippen LogP contribution in [0.3, 0.4) is 0 Å². The van der Waals surface area contributed by atoms with Crippen molar-refractivity contribution in [1.29, 1.82) is 0 Å². The molecule has 1 atom stereocenters. The molecule has 2 saturated heterocycles. The SMILES string of the molecule is CN(C)C(=O)CN=C(NC1CCCC1)N1CCC2(CCOC2)C1. The Morgan fingerprint density at radius 1 is 1.35 bits per heavy atom. The van der Waals surface area contributed by atoms with Gasteiger partial charge in [-0.05, 0) is 25.7 Å². The highest BCUT2D eigenvalue weighted by molar-refractivity contribution is 5.85. The van der Waals surface area contributed by atoms with E-state index in [-0.39, 0.29) is 12.5 Å². The first-order chi connectivity index (χ1) is 11.1. The molecule has 6 heteroatoms. The molecule has 130 valence electrons. The first-order valence-electron chi connectivity index (χ1n) is 8.92. The largest absolute Gasteiger partial charge is 0.381 e. The van der Waals surface area contributed by atoms with Crippen LogP contribution < -0.4 is 5.32 Å². The lowest BCUT2D eigenvalue weighted by Gasteiger charge is -2.27. The van der Waals surface area contributed by atoms with Gasteiger partial charge in [-0.2, -0.15) is 0 Å². The number of aliphatic imine (C=N–C) groups is 1. The number of nitrogens with zero attached hydrogens (tertiary/aromatic N) is 3. The molecule has 0 bridgehead atoms. The number of likely N-dealkylation sites (N-methyl/N-ethyl adjacent to an activating group) is 1. The van der Waals surface area contributed by atoms with E-state index < -0.39 is 0 Å². The zero-order chi connectivity index (χ0) is 16.3. The molecule has 1 unspecified atom stereocenters. The Labute approximate surface area is 139 Å². The number of amides is 1. The van der Waals surface area contributed by atoms with Crippen LogP contribution in [0.4, 0.5) is 0 Å². The highest BCUT2D eigenvalue weighted by Gasteiger charge is 2.42. The molecule has 1 spiro atoms. The normalized spacial score (nSPS) is 28.8. The molecule has 0 radical (unpaired) electrons. The minimum absolute atomic E-state index is 0.0498. The van der Waals surface area contributed by atoms with Crippen molar-refractivity contribution in [1.82, 2.24) is 15.1 Å². The lowest BCUT2D eigenvalue weighted by molar-refractivity contribution is -0.127. The Bertz CT molecular complexity index is 452. The summed E-state index contributed by atoms with van der Waals surface area (Å²) in [6.07, 6.45) is 7.32. The molecule has 0 aromatic rings. The van der Waals surface area contributed by atoms with Gasteiger partial charge in [0.2, 0.25) is 5.91 Å². The van der Waals surface area contributed by atoms with E-state index in [1.54, 1.807) is 19.0 Å². The predicted octanol–water partition coefficient (Wildman–Crippen LogP) is 1.08. The second kappa shape index (κ2) is 7.07. The summed E-state index contributed by atoms with van der Waals surface area (Å²) in [7, 11) is 3.56. The molecule has 2 aliphatic heterocycles. The summed E-state index contributed by atoms with van der Waals surface area (Å²) in [4.78, 5) is 20.5. The van der Waals surface area contributed by atoms with Crippen LogP contribution in [0.1, 0.15) is 38.5 Å².